The lowest BCUT2D eigenvalue weighted by Crippen LogP contribution is -1.94. The van der Waals surface area contributed by atoms with Gasteiger partial charge in [-0.3, -0.25) is 4.40 Å². The molecule has 0 atom stereocenters. The van der Waals surface area contributed by atoms with Gasteiger partial charge in [0.1, 0.15) is 5.03 Å². The predicted octanol–water partition coefficient (Wildman–Crippen LogP) is 1.63. The first-order valence-corrected chi connectivity index (χ1v) is 6.40. The molecular weight excluding hydrogens is 232 g/mol. The van der Waals surface area contributed by atoms with Crippen molar-refractivity contribution in [1.82, 2.24) is 9.38 Å². The zero-order valence-electron chi connectivity index (χ0n) is 8.34. The summed E-state index contributed by atoms with van der Waals surface area (Å²) in [6, 6.07) is 0. The standard InChI is InChI=1S/C9H12N2O2S2/c1-13-3-5-14-8-7(6-12)11-2-4-15-9(11)10-8/h2,4,12H,3,5-6H2,1H3. The van der Waals surface area contributed by atoms with Crippen molar-refractivity contribution >= 4 is 28.1 Å². The fraction of sp³-hybridized carbons (Fsp3) is 0.444. The Morgan fingerprint density at radius 1 is 1.67 bits per heavy atom. The Labute approximate surface area is 95.9 Å². The monoisotopic (exact) mass is 244 g/mol. The number of thioether (sulfide) groups is 1. The molecule has 0 amide bonds. The largest absolute Gasteiger partial charge is 0.390 e. The number of aliphatic hydroxyl groups is 1. The number of thiazole rings is 1. The van der Waals surface area contributed by atoms with Gasteiger partial charge in [0, 0.05) is 24.4 Å². The van der Waals surface area contributed by atoms with E-state index in [2.05, 4.69) is 4.98 Å². The second kappa shape index (κ2) is 4.98. The fourth-order valence-electron chi connectivity index (χ4n) is 1.29. The summed E-state index contributed by atoms with van der Waals surface area (Å²) < 4.78 is 6.91. The van der Waals surface area contributed by atoms with Crippen LogP contribution in [0.2, 0.25) is 0 Å². The van der Waals surface area contributed by atoms with E-state index in [4.69, 9.17) is 4.74 Å². The average molecular weight is 244 g/mol. The molecule has 4 nitrogen and oxygen atoms in total. The van der Waals surface area contributed by atoms with Crippen LogP contribution in [0.3, 0.4) is 0 Å². The normalized spacial score (nSPS) is 11.3. The molecular formula is C9H12N2O2S2. The SMILES string of the molecule is COCCSc1nc2sccn2c1CO. The van der Waals surface area contributed by atoms with E-state index in [1.54, 1.807) is 30.2 Å². The average Bonchev–Trinajstić information content (AvgIpc) is 2.77. The van der Waals surface area contributed by atoms with Crippen molar-refractivity contribution in [3.8, 4) is 0 Å². The Balaban J connectivity index is 2.21. The Morgan fingerprint density at radius 2 is 2.53 bits per heavy atom. The molecule has 0 saturated carbocycles. The van der Waals surface area contributed by atoms with Crippen molar-refractivity contribution in [3.05, 3.63) is 17.3 Å². The summed E-state index contributed by atoms with van der Waals surface area (Å²) in [4.78, 5) is 5.37. The number of fused-ring (bicyclic) bond motifs is 1. The van der Waals surface area contributed by atoms with Crippen LogP contribution in [0.5, 0.6) is 0 Å². The van der Waals surface area contributed by atoms with E-state index < -0.39 is 0 Å². The second-order valence-corrected chi connectivity index (χ2v) is 4.88. The van der Waals surface area contributed by atoms with Gasteiger partial charge >= 0.3 is 0 Å². The van der Waals surface area contributed by atoms with Crippen LogP contribution < -0.4 is 0 Å². The number of hydrogen-bond donors (Lipinski definition) is 1. The highest BCUT2D eigenvalue weighted by molar-refractivity contribution is 7.99. The molecule has 0 radical (unpaired) electrons. The van der Waals surface area contributed by atoms with Crippen LogP contribution in [0.1, 0.15) is 5.69 Å². The first-order valence-electron chi connectivity index (χ1n) is 4.54. The van der Waals surface area contributed by atoms with Crippen molar-refractivity contribution < 1.29 is 9.84 Å². The smallest absolute Gasteiger partial charge is 0.195 e. The van der Waals surface area contributed by atoms with Gasteiger partial charge in [-0.25, -0.2) is 4.98 Å². The molecule has 2 aromatic heterocycles. The number of nitrogens with zero attached hydrogens (tertiary/aromatic N) is 2. The highest BCUT2D eigenvalue weighted by atomic mass is 32.2. The zero-order valence-corrected chi connectivity index (χ0v) is 9.98. The van der Waals surface area contributed by atoms with Crippen molar-refractivity contribution in [3.63, 3.8) is 0 Å². The first-order chi connectivity index (χ1) is 7.36. The van der Waals surface area contributed by atoms with E-state index in [9.17, 15) is 5.11 Å². The Kier molecular flexibility index (Phi) is 3.63. The lowest BCUT2D eigenvalue weighted by molar-refractivity contribution is 0.218. The van der Waals surface area contributed by atoms with Crippen LogP contribution in [-0.2, 0) is 11.3 Å². The fourth-order valence-corrected chi connectivity index (χ4v) is 3.01. The van der Waals surface area contributed by atoms with Crippen LogP contribution in [0, 0.1) is 0 Å². The van der Waals surface area contributed by atoms with Gasteiger partial charge in [-0.2, -0.15) is 0 Å². The molecule has 0 spiro atoms. The maximum atomic E-state index is 9.28. The molecule has 0 aliphatic rings. The molecule has 6 heteroatoms. The van der Waals surface area contributed by atoms with Crippen molar-refractivity contribution in [2.45, 2.75) is 11.6 Å². The van der Waals surface area contributed by atoms with Crippen LogP contribution >= 0.6 is 23.1 Å². The van der Waals surface area contributed by atoms with Gasteiger partial charge in [0.25, 0.3) is 0 Å². The lowest BCUT2D eigenvalue weighted by Gasteiger charge is -1.99. The Morgan fingerprint density at radius 3 is 3.27 bits per heavy atom. The van der Waals surface area contributed by atoms with E-state index >= 15 is 0 Å². The van der Waals surface area contributed by atoms with Gasteiger partial charge in [0.2, 0.25) is 0 Å². The molecule has 0 bridgehead atoms. The summed E-state index contributed by atoms with van der Waals surface area (Å²) in [5.74, 6) is 0.855. The van der Waals surface area contributed by atoms with Crippen molar-refractivity contribution in [1.29, 1.82) is 0 Å². The van der Waals surface area contributed by atoms with Gasteiger partial charge < -0.3 is 9.84 Å². The van der Waals surface area contributed by atoms with Crippen LogP contribution in [0.25, 0.3) is 4.96 Å². The second-order valence-electron chi connectivity index (χ2n) is 2.92. The first kappa shape index (κ1) is 10.9. The zero-order chi connectivity index (χ0) is 10.7. The summed E-state index contributed by atoms with van der Waals surface area (Å²) in [5.41, 5.74) is 0.868. The molecule has 0 aliphatic carbocycles. The van der Waals surface area contributed by atoms with Crippen molar-refractivity contribution in [2.24, 2.45) is 0 Å². The molecule has 2 aromatic rings. The van der Waals surface area contributed by atoms with Crippen LogP contribution in [0.15, 0.2) is 16.6 Å². The molecule has 0 fully saturated rings. The third-order valence-corrected chi connectivity index (χ3v) is 3.73. The third-order valence-electron chi connectivity index (χ3n) is 2.00. The number of rotatable bonds is 5. The van der Waals surface area contributed by atoms with Crippen LogP contribution in [0.4, 0.5) is 0 Å². The molecule has 2 heterocycles. The Hall–Kier alpha value is -0.560. The van der Waals surface area contributed by atoms with Gasteiger partial charge in [-0.1, -0.05) is 0 Å². The van der Waals surface area contributed by atoms with E-state index in [0.29, 0.717) is 6.61 Å². The number of ether oxygens (including phenoxy) is 1. The number of methoxy groups -OCH3 is 1. The van der Waals surface area contributed by atoms with Gasteiger partial charge in [0.05, 0.1) is 18.9 Å². The molecule has 0 saturated heterocycles. The summed E-state index contributed by atoms with van der Waals surface area (Å²) in [6.45, 7) is 0.716. The van der Waals surface area contributed by atoms with Crippen molar-refractivity contribution in [2.75, 3.05) is 19.5 Å². The molecule has 15 heavy (non-hydrogen) atoms. The summed E-state index contributed by atoms with van der Waals surface area (Å²) in [5, 5.41) is 12.1. The molecule has 0 aromatic carbocycles. The quantitative estimate of drug-likeness (QED) is 0.641. The van der Waals surface area contributed by atoms with Gasteiger partial charge in [0.15, 0.2) is 4.96 Å². The molecule has 0 unspecified atom stereocenters. The topological polar surface area (TPSA) is 46.8 Å². The maximum Gasteiger partial charge on any atom is 0.195 e. The highest BCUT2D eigenvalue weighted by Gasteiger charge is 2.11. The molecule has 0 aliphatic heterocycles. The minimum absolute atomic E-state index is 0.0210. The highest BCUT2D eigenvalue weighted by Crippen LogP contribution is 2.25. The maximum absolute atomic E-state index is 9.28. The minimum atomic E-state index is 0.0210. The number of aromatic nitrogens is 2. The van der Waals surface area contributed by atoms with E-state index in [1.807, 2.05) is 16.0 Å². The van der Waals surface area contributed by atoms with E-state index in [-0.39, 0.29) is 6.61 Å². The summed E-state index contributed by atoms with van der Waals surface area (Å²) >= 11 is 3.19. The predicted molar refractivity (Wildman–Crippen MR) is 61.6 cm³/mol. The number of hydrogen-bond acceptors (Lipinski definition) is 5. The molecule has 1 N–H and O–H groups in total. The minimum Gasteiger partial charge on any atom is -0.390 e. The molecule has 2 rings (SSSR count). The Bertz CT molecular complexity index is 438. The van der Waals surface area contributed by atoms with E-state index in [1.165, 1.54) is 0 Å². The third kappa shape index (κ3) is 2.17. The van der Waals surface area contributed by atoms with E-state index in [0.717, 1.165) is 21.4 Å². The van der Waals surface area contributed by atoms with Crippen LogP contribution in [-0.4, -0.2) is 34.0 Å². The summed E-state index contributed by atoms with van der Waals surface area (Å²) in [6.07, 6.45) is 1.93. The van der Waals surface area contributed by atoms with Gasteiger partial charge in [-0.05, 0) is 0 Å². The number of imidazole rings is 1. The number of aliphatic hydroxyl groups excluding tert-OH is 1. The lowest BCUT2D eigenvalue weighted by atomic mass is 10.5. The molecule has 82 valence electrons. The van der Waals surface area contributed by atoms with Gasteiger partial charge in [-0.15, -0.1) is 23.1 Å². The summed E-state index contributed by atoms with van der Waals surface area (Å²) in [7, 11) is 1.68.